The van der Waals surface area contributed by atoms with Crippen LogP contribution in [0.15, 0.2) is 30.3 Å². The summed E-state index contributed by atoms with van der Waals surface area (Å²) >= 11 is 0. The quantitative estimate of drug-likeness (QED) is 0.608. The zero-order valence-electron chi connectivity index (χ0n) is 11.5. The molecule has 1 aliphatic rings. The Labute approximate surface area is 114 Å². The van der Waals surface area contributed by atoms with Crippen LogP contribution in [-0.2, 0) is 16.1 Å². The van der Waals surface area contributed by atoms with E-state index >= 15 is 0 Å². The average molecular weight is 260 g/mol. The van der Waals surface area contributed by atoms with Crippen molar-refractivity contribution in [3.05, 3.63) is 35.9 Å². The Morgan fingerprint density at radius 2 is 1.95 bits per heavy atom. The molecule has 1 fully saturated rings. The molecule has 0 atom stereocenters. The van der Waals surface area contributed by atoms with Crippen LogP contribution < -0.4 is 0 Å². The second kappa shape index (κ2) is 5.53. The molecule has 0 aromatic heterocycles. The summed E-state index contributed by atoms with van der Waals surface area (Å²) in [6, 6.07) is 10.3. The van der Waals surface area contributed by atoms with E-state index in [1.165, 1.54) is 5.56 Å². The maximum absolute atomic E-state index is 11.6. The highest BCUT2D eigenvalue weighted by molar-refractivity contribution is 6.23. The summed E-state index contributed by atoms with van der Waals surface area (Å²) in [5, 5.41) is 0. The Kier molecular flexibility index (Phi) is 4.00. The number of benzene rings is 1. The van der Waals surface area contributed by atoms with E-state index in [2.05, 4.69) is 17.0 Å². The lowest BCUT2D eigenvalue weighted by molar-refractivity contribution is -0.146. The third-order valence-corrected chi connectivity index (χ3v) is 3.60. The van der Waals surface area contributed by atoms with Crippen LogP contribution in [0, 0.1) is 0 Å². The van der Waals surface area contributed by atoms with Gasteiger partial charge in [-0.25, -0.2) is 0 Å². The van der Waals surface area contributed by atoms with E-state index < -0.39 is 5.91 Å². The molecular formula is C15H20N2O2. The second-order valence-electron chi connectivity index (χ2n) is 5.62. The van der Waals surface area contributed by atoms with Crippen molar-refractivity contribution in [1.82, 2.24) is 9.80 Å². The lowest BCUT2D eigenvalue weighted by atomic mass is 9.98. The van der Waals surface area contributed by atoms with Gasteiger partial charge in [-0.1, -0.05) is 30.3 Å². The summed E-state index contributed by atoms with van der Waals surface area (Å²) in [6.07, 6.45) is 0.411. The summed E-state index contributed by atoms with van der Waals surface area (Å²) in [5.41, 5.74) is 0.971. The average Bonchev–Trinajstić information content (AvgIpc) is 2.38. The Balaban J connectivity index is 2.02. The lowest BCUT2D eigenvalue weighted by Gasteiger charge is -2.46. The molecule has 0 aliphatic carbocycles. The molecule has 1 saturated heterocycles. The van der Waals surface area contributed by atoms with E-state index in [4.69, 9.17) is 0 Å². The molecule has 0 radical (unpaired) electrons. The van der Waals surface area contributed by atoms with Crippen LogP contribution in [0.4, 0.5) is 0 Å². The minimum Gasteiger partial charge on any atom is -0.329 e. The molecule has 0 spiro atoms. The van der Waals surface area contributed by atoms with Crippen LogP contribution in [0.1, 0.15) is 19.4 Å². The third-order valence-electron chi connectivity index (χ3n) is 3.60. The topological polar surface area (TPSA) is 40.6 Å². The van der Waals surface area contributed by atoms with Crippen LogP contribution in [0.2, 0.25) is 0 Å². The Morgan fingerprint density at radius 3 is 2.53 bits per heavy atom. The van der Waals surface area contributed by atoms with Crippen molar-refractivity contribution < 1.29 is 9.59 Å². The summed E-state index contributed by atoms with van der Waals surface area (Å²) in [5.74, 6) is -0.413. The first-order valence-electron chi connectivity index (χ1n) is 6.56. The predicted octanol–water partition coefficient (Wildman–Crippen LogP) is 1.31. The summed E-state index contributed by atoms with van der Waals surface area (Å²) in [4.78, 5) is 26.2. The summed E-state index contributed by atoms with van der Waals surface area (Å²) in [7, 11) is 0. The van der Waals surface area contributed by atoms with Gasteiger partial charge < -0.3 is 4.90 Å². The maximum atomic E-state index is 11.6. The smallest absolute Gasteiger partial charge is 0.287 e. The van der Waals surface area contributed by atoms with Gasteiger partial charge in [-0.3, -0.25) is 14.5 Å². The van der Waals surface area contributed by atoms with Crippen LogP contribution in [-0.4, -0.2) is 47.2 Å². The largest absolute Gasteiger partial charge is 0.329 e. The number of amides is 1. The number of carbonyl (C=O) groups excluding carboxylic acids is 2. The minimum atomic E-state index is -0.413. The zero-order chi connectivity index (χ0) is 13.9. The van der Waals surface area contributed by atoms with Crippen molar-refractivity contribution in [2.24, 2.45) is 0 Å². The zero-order valence-corrected chi connectivity index (χ0v) is 11.5. The van der Waals surface area contributed by atoms with Gasteiger partial charge in [-0.2, -0.15) is 0 Å². The number of hydrogen-bond donors (Lipinski definition) is 0. The van der Waals surface area contributed by atoms with Gasteiger partial charge >= 0.3 is 0 Å². The Bertz CT molecular complexity index is 456. The lowest BCUT2D eigenvalue weighted by Crippen LogP contribution is -2.61. The van der Waals surface area contributed by atoms with Gasteiger partial charge in [0.15, 0.2) is 0 Å². The second-order valence-corrected chi connectivity index (χ2v) is 5.62. The van der Waals surface area contributed by atoms with Crippen molar-refractivity contribution in [1.29, 1.82) is 0 Å². The van der Waals surface area contributed by atoms with Gasteiger partial charge in [-0.05, 0) is 19.4 Å². The highest BCUT2D eigenvalue weighted by Crippen LogP contribution is 2.22. The summed E-state index contributed by atoms with van der Waals surface area (Å²) < 4.78 is 0. The van der Waals surface area contributed by atoms with Gasteiger partial charge in [0.05, 0.1) is 5.54 Å². The molecule has 4 nitrogen and oxygen atoms in total. The molecule has 4 heteroatoms. The summed E-state index contributed by atoms with van der Waals surface area (Å²) in [6.45, 7) is 7.08. The highest BCUT2D eigenvalue weighted by Gasteiger charge is 2.36. The molecule has 19 heavy (non-hydrogen) atoms. The van der Waals surface area contributed by atoms with Gasteiger partial charge in [0, 0.05) is 26.2 Å². The predicted molar refractivity (Wildman–Crippen MR) is 73.6 cm³/mol. The van der Waals surface area contributed by atoms with Crippen LogP contribution in [0.25, 0.3) is 0 Å². The number of carbonyl (C=O) groups is 2. The van der Waals surface area contributed by atoms with Crippen molar-refractivity contribution in [3.8, 4) is 0 Å². The fraction of sp³-hybridized carbons (Fsp3) is 0.467. The van der Waals surface area contributed by atoms with E-state index in [0.717, 1.165) is 19.6 Å². The third kappa shape index (κ3) is 3.20. The number of nitrogens with zero attached hydrogens (tertiary/aromatic N) is 2. The van der Waals surface area contributed by atoms with Gasteiger partial charge in [0.25, 0.3) is 5.91 Å². The number of rotatable bonds is 3. The first-order valence-corrected chi connectivity index (χ1v) is 6.56. The Hall–Kier alpha value is -1.68. The molecule has 1 aromatic rings. The molecule has 0 N–H and O–H groups in total. The van der Waals surface area contributed by atoms with Gasteiger partial charge in [0.1, 0.15) is 0 Å². The van der Waals surface area contributed by atoms with Crippen molar-refractivity contribution in [2.45, 2.75) is 25.9 Å². The molecular weight excluding hydrogens is 240 g/mol. The van der Waals surface area contributed by atoms with E-state index in [-0.39, 0.29) is 5.54 Å². The highest BCUT2D eigenvalue weighted by atomic mass is 16.2. The Morgan fingerprint density at radius 1 is 1.26 bits per heavy atom. The van der Waals surface area contributed by atoms with Crippen LogP contribution >= 0.6 is 0 Å². The van der Waals surface area contributed by atoms with Gasteiger partial charge in [0.2, 0.25) is 6.29 Å². The molecule has 0 unspecified atom stereocenters. The monoisotopic (exact) mass is 260 g/mol. The van der Waals surface area contributed by atoms with E-state index in [1.54, 1.807) is 4.90 Å². The molecule has 1 heterocycles. The fourth-order valence-corrected chi connectivity index (χ4v) is 2.70. The van der Waals surface area contributed by atoms with Crippen molar-refractivity contribution in [2.75, 3.05) is 19.6 Å². The standard InChI is InChI=1S/C15H20N2O2/c1-15(2)12-16(8-9-17(15)14(19)11-18)10-13-6-4-3-5-7-13/h3-7,11H,8-10,12H2,1-2H3. The van der Waals surface area contributed by atoms with Gasteiger partial charge in [-0.15, -0.1) is 0 Å². The normalized spacial score (nSPS) is 19.2. The number of aldehydes is 1. The van der Waals surface area contributed by atoms with E-state index in [1.807, 2.05) is 32.0 Å². The molecule has 1 aliphatic heterocycles. The molecule has 102 valence electrons. The minimum absolute atomic E-state index is 0.301. The first kappa shape index (κ1) is 13.7. The van der Waals surface area contributed by atoms with Crippen molar-refractivity contribution >= 4 is 12.2 Å². The van der Waals surface area contributed by atoms with Crippen molar-refractivity contribution in [3.63, 3.8) is 0 Å². The number of piperazine rings is 1. The first-order chi connectivity index (χ1) is 9.03. The maximum Gasteiger partial charge on any atom is 0.287 e. The van der Waals surface area contributed by atoms with E-state index in [0.29, 0.717) is 12.8 Å². The van der Waals surface area contributed by atoms with Crippen LogP contribution in [0.5, 0.6) is 0 Å². The molecule has 0 saturated carbocycles. The van der Waals surface area contributed by atoms with E-state index in [9.17, 15) is 9.59 Å². The molecule has 1 amide bonds. The molecule has 2 rings (SSSR count). The molecule has 0 bridgehead atoms. The molecule has 1 aromatic carbocycles. The van der Waals surface area contributed by atoms with Crippen LogP contribution in [0.3, 0.4) is 0 Å². The SMILES string of the molecule is CC1(C)CN(Cc2ccccc2)CCN1C(=O)C=O. The number of hydrogen-bond acceptors (Lipinski definition) is 3. The fourth-order valence-electron chi connectivity index (χ4n) is 2.70.